The Morgan fingerprint density at radius 3 is 2.25 bits per heavy atom. The number of halogens is 4. The molecule has 0 spiro atoms. The van der Waals surface area contributed by atoms with Gasteiger partial charge in [0.1, 0.15) is 29.9 Å². The van der Waals surface area contributed by atoms with Gasteiger partial charge < -0.3 is 14.6 Å². The number of nitrogens with zero attached hydrogens (tertiary/aromatic N) is 3. The van der Waals surface area contributed by atoms with Gasteiger partial charge in [-0.25, -0.2) is 0 Å². The van der Waals surface area contributed by atoms with Crippen LogP contribution in [0, 0.1) is 0 Å². The van der Waals surface area contributed by atoms with Crippen LogP contribution in [0.4, 0.5) is 5.13 Å². The van der Waals surface area contributed by atoms with Crippen molar-refractivity contribution in [3.8, 4) is 17.2 Å². The van der Waals surface area contributed by atoms with Crippen molar-refractivity contribution in [1.82, 2.24) is 10.2 Å². The Labute approximate surface area is 229 Å². The fourth-order valence-electron chi connectivity index (χ4n) is 3.67. The topological polar surface area (TPSA) is 84.8 Å². The number of para-hydroxylation sites is 1. The fraction of sp³-hybridized carbons (Fsp3) is 0.125. The number of benzene rings is 3. The smallest absolute Gasteiger partial charge is 0.273 e. The lowest BCUT2D eigenvalue weighted by Crippen LogP contribution is -2.61. The van der Waals surface area contributed by atoms with Gasteiger partial charge in [-0.1, -0.05) is 75.9 Å². The summed E-state index contributed by atoms with van der Waals surface area (Å²) in [6.45, 7) is 0.0859. The highest BCUT2D eigenvalue weighted by atomic mass is 35.5. The number of carbonyl (C=O) groups excluding carboxylic acids is 1. The molecule has 4 aromatic rings. The zero-order valence-corrected chi connectivity index (χ0v) is 21.9. The van der Waals surface area contributed by atoms with Crippen molar-refractivity contribution < 1.29 is 19.4 Å². The van der Waals surface area contributed by atoms with Crippen LogP contribution in [0.5, 0.6) is 17.2 Å². The number of rotatable bonds is 7. The second kappa shape index (κ2) is 10.3. The van der Waals surface area contributed by atoms with E-state index in [1.54, 1.807) is 48.5 Å². The fourth-order valence-corrected chi connectivity index (χ4v) is 5.38. The zero-order chi connectivity index (χ0) is 25.4. The number of anilines is 1. The lowest BCUT2D eigenvalue weighted by Gasteiger charge is -2.45. The molecule has 1 amide bonds. The molecule has 0 aliphatic carbocycles. The quantitative estimate of drug-likeness (QED) is 0.237. The van der Waals surface area contributed by atoms with E-state index in [4.69, 9.17) is 55.9 Å². The maximum Gasteiger partial charge on any atom is 0.273 e. The van der Waals surface area contributed by atoms with Crippen LogP contribution in [0.2, 0.25) is 20.1 Å². The van der Waals surface area contributed by atoms with Gasteiger partial charge in [0.2, 0.25) is 11.2 Å². The highest BCUT2D eigenvalue weighted by Crippen LogP contribution is 2.45. The molecule has 1 fully saturated rings. The molecule has 0 radical (unpaired) electrons. The second-order valence-corrected chi connectivity index (χ2v) is 10.4. The molecule has 36 heavy (non-hydrogen) atoms. The van der Waals surface area contributed by atoms with Gasteiger partial charge in [-0.05, 0) is 42.5 Å². The Hall–Kier alpha value is -2.75. The van der Waals surface area contributed by atoms with Gasteiger partial charge >= 0.3 is 0 Å². The van der Waals surface area contributed by atoms with Crippen LogP contribution in [0.3, 0.4) is 0 Å². The van der Waals surface area contributed by atoms with Crippen LogP contribution in [-0.2, 0) is 11.4 Å². The molecule has 1 aliphatic heterocycles. The molecular weight excluding hydrogens is 568 g/mol. The van der Waals surface area contributed by atoms with Gasteiger partial charge in [-0.3, -0.25) is 9.69 Å². The number of phenolic OH excluding ortho intramolecular Hbond substituents is 1. The molecular formula is C24H15Cl4N3O4S. The van der Waals surface area contributed by atoms with Crippen molar-refractivity contribution in [2.24, 2.45) is 0 Å². The maximum atomic E-state index is 13.2. The van der Waals surface area contributed by atoms with Crippen LogP contribution >= 0.6 is 57.7 Å². The monoisotopic (exact) mass is 581 g/mol. The third kappa shape index (κ3) is 4.92. The van der Waals surface area contributed by atoms with Crippen LogP contribution in [0.1, 0.15) is 16.6 Å². The van der Waals surface area contributed by atoms with Crippen molar-refractivity contribution in [3.05, 3.63) is 91.3 Å². The van der Waals surface area contributed by atoms with Gasteiger partial charge in [0, 0.05) is 15.6 Å². The number of hydrogen-bond acceptors (Lipinski definition) is 7. The third-order valence-corrected chi connectivity index (χ3v) is 7.31. The van der Waals surface area contributed by atoms with E-state index in [0.29, 0.717) is 42.3 Å². The molecule has 2 unspecified atom stereocenters. The summed E-state index contributed by atoms with van der Waals surface area (Å²) < 4.78 is 11.7. The predicted octanol–water partition coefficient (Wildman–Crippen LogP) is 6.97. The first-order valence-corrected chi connectivity index (χ1v) is 12.8. The van der Waals surface area contributed by atoms with Crippen molar-refractivity contribution in [2.45, 2.75) is 18.8 Å². The molecule has 5 rings (SSSR count). The molecule has 1 aliphatic rings. The molecule has 2 heterocycles. The van der Waals surface area contributed by atoms with Crippen molar-refractivity contribution >= 4 is 68.8 Å². The standard InChI is InChI=1S/C24H15Cl4N3O4S/c25-12-5-7-18(15(27)9-12)34-11-20-29-30-24(36-20)31-21(14-3-1-2-4-17(14)32)22(23(31)33)35-19-8-6-13(26)10-16(19)28/h1-10,21-22,32H,11H2. The molecule has 1 N–H and O–H groups in total. The van der Waals surface area contributed by atoms with Crippen LogP contribution < -0.4 is 14.4 Å². The Morgan fingerprint density at radius 2 is 1.58 bits per heavy atom. The van der Waals surface area contributed by atoms with E-state index < -0.39 is 12.1 Å². The van der Waals surface area contributed by atoms with Gasteiger partial charge in [-0.2, -0.15) is 0 Å². The highest BCUT2D eigenvalue weighted by molar-refractivity contribution is 7.15. The number of phenols is 1. The summed E-state index contributed by atoms with van der Waals surface area (Å²) in [6.07, 6.45) is -0.951. The van der Waals surface area contributed by atoms with Gasteiger partial charge in [0.05, 0.1) is 10.0 Å². The van der Waals surface area contributed by atoms with Crippen molar-refractivity contribution in [1.29, 1.82) is 0 Å². The van der Waals surface area contributed by atoms with Crippen LogP contribution in [0.25, 0.3) is 0 Å². The SMILES string of the molecule is O=C1C(Oc2ccc(Cl)cc2Cl)C(c2ccccc2O)N1c1nnc(COc2ccc(Cl)cc2Cl)s1. The van der Waals surface area contributed by atoms with Gasteiger partial charge in [0.25, 0.3) is 5.91 Å². The van der Waals surface area contributed by atoms with E-state index in [1.807, 2.05) is 0 Å². The average molecular weight is 583 g/mol. The largest absolute Gasteiger partial charge is 0.508 e. The van der Waals surface area contributed by atoms with E-state index in [9.17, 15) is 9.90 Å². The first-order chi connectivity index (χ1) is 17.3. The molecule has 0 saturated carbocycles. The lowest BCUT2D eigenvalue weighted by atomic mass is 9.90. The average Bonchev–Trinajstić information content (AvgIpc) is 3.30. The normalized spacial score (nSPS) is 17.1. The summed E-state index contributed by atoms with van der Waals surface area (Å²) in [5.74, 6) is 0.392. The van der Waals surface area contributed by atoms with E-state index in [0.717, 1.165) is 0 Å². The summed E-state index contributed by atoms with van der Waals surface area (Å²) in [5, 5.41) is 21.2. The Kier molecular flexibility index (Phi) is 7.14. The predicted molar refractivity (Wildman–Crippen MR) is 140 cm³/mol. The molecule has 7 nitrogen and oxygen atoms in total. The van der Waals surface area contributed by atoms with E-state index in [1.165, 1.54) is 28.4 Å². The zero-order valence-electron chi connectivity index (χ0n) is 18.1. The minimum atomic E-state index is -0.951. The highest BCUT2D eigenvalue weighted by Gasteiger charge is 2.53. The van der Waals surface area contributed by atoms with Crippen LogP contribution in [0.15, 0.2) is 60.7 Å². The Bertz CT molecular complexity index is 1450. The maximum absolute atomic E-state index is 13.2. The molecule has 0 bridgehead atoms. The first kappa shape index (κ1) is 24.9. The number of β-lactam (4-membered cyclic amide) rings is 1. The van der Waals surface area contributed by atoms with Crippen LogP contribution in [-0.4, -0.2) is 27.3 Å². The summed E-state index contributed by atoms with van der Waals surface area (Å²) >= 11 is 25.5. The number of carbonyl (C=O) groups is 1. The molecule has 12 heteroatoms. The number of aromatic nitrogens is 2. The molecule has 184 valence electrons. The van der Waals surface area contributed by atoms with Gasteiger partial charge in [0.15, 0.2) is 5.01 Å². The molecule has 1 saturated heterocycles. The minimum Gasteiger partial charge on any atom is -0.508 e. The lowest BCUT2D eigenvalue weighted by molar-refractivity contribution is -0.135. The number of hydrogen-bond donors (Lipinski definition) is 1. The van der Waals surface area contributed by atoms with E-state index in [2.05, 4.69) is 10.2 Å². The summed E-state index contributed by atoms with van der Waals surface area (Å²) in [7, 11) is 0. The van der Waals surface area contributed by atoms with Crippen molar-refractivity contribution in [3.63, 3.8) is 0 Å². The summed E-state index contributed by atoms with van der Waals surface area (Å²) in [5.41, 5.74) is 0.494. The number of amides is 1. The summed E-state index contributed by atoms with van der Waals surface area (Å²) in [6, 6.07) is 15.7. The molecule has 1 aromatic heterocycles. The Morgan fingerprint density at radius 1 is 0.917 bits per heavy atom. The first-order valence-electron chi connectivity index (χ1n) is 10.4. The Balaban J connectivity index is 1.39. The van der Waals surface area contributed by atoms with E-state index in [-0.39, 0.29) is 23.3 Å². The number of ether oxygens (including phenoxy) is 2. The van der Waals surface area contributed by atoms with Crippen molar-refractivity contribution in [2.75, 3.05) is 4.90 Å². The van der Waals surface area contributed by atoms with E-state index >= 15 is 0 Å². The van der Waals surface area contributed by atoms with Gasteiger partial charge in [-0.15, -0.1) is 10.2 Å². The number of aromatic hydroxyl groups is 1. The summed E-state index contributed by atoms with van der Waals surface area (Å²) in [4.78, 5) is 14.7. The third-order valence-electron chi connectivity index (χ3n) is 5.36. The molecule has 2 atom stereocenters. The minimum absolute atomic E-state index is 0.0151. The molecule has 3 aromatic carbocycles. The second-order valence-electron chi connectivity index (χ2n) is 7.67.